The van der Waals surface area contributed by atoms with Gasteiger partial charge in [0.05, 0.1) is 0 Å². The van der Waals surface area contributed by atoms with Gasteiger partial charge in [-0.25, -0.2) is 0 Å². The van der Waals surface area contributed by atoms with E-state index in [1.807, 2.05) is 90.7 Å². The average Bonchev–Trinajstić information content (AvgIpc) is 1.53. The lowest BCUT2D eigenvalue weighted by molar-refractivity contribution is 1.15. The zero-order valence-electron chi connectivity index (χ0n) is 55.6. The first kappa shape index (κ1) is 63.2. The van der Waals surface area contributed by atoms with Crippen LogP contribution in [0.3, 0.4) is 0 Å². The van der Waals surface area contributed by atoms with Crippen LogP contribution in [-0.2, 0) is 51.4 Å². The molecule has 0 aliphatic rings. The molecule has 8 aromatic carbocycles. The maximum atomic E-state index is 2.53. The lowest BCUT2D eigenvalue weighted by atomic mass is 9.94. The molecular formula is C88H74S8. The summed E-state index contributed by atoms with van der Waals surface area (Å²) in [5, 5.41) is 15.1. The van der Waals surface area contributed by atoms with Gasteiger partial charge in [0.2, 0.25) is 0 Å². The average molecular weight is 1390 g/mol. The van der Waals surface area contributed by atoms with Gasteiger partial charge in [-0.2, -0.15) is 0 Å². The van der Waals surface area contributed by atoms with E-state index in [9.17, 15) is 0 Å². The first-order chi connectivity index (χ1) is 47.2. The molecular weight excluding hydrogens is 1310 g/mol. The molecule has 0 nitrogen and oxygen atoms in total. The summed E-state index contributed by atoms with van der Waals surface area (Å²) in [6, 6.07) is 75.3. The predicted octanol–water partition coefficient (Wildman–Crippen LogP) is 29.6. The highest BCUT2D eigenvalue weighted by Crippen LogP contribution is 2.55. The highest BCUT2D eigenvalue weighted by Gasteiger charge is 2.27. The van der Waals surface area contributed by atoms with Crippen LogP contribution in [0.15, 0.2) is 205 Å². The van der Waals surface area contributed by atoms with Crippen LogP contribution in [-0.4, -0.2) is 0 Å². The van der Waals surface area contributed by atoms with Crippen LogP contribution in [0.25, 0.3) is 156 Å². The summed E-state index contributed by atoms with van der Waals surface area (Å²) in [5.74, 6) is 0. The van der Waals surface area contributed by atoms with Crippen molar-refractivity contribution in [2.45, 2.75) is 107 Å². The summed E-state index contributed by atoms with van der Waals surface area (Å²) in [6.07, 6.45) is 7.88. The Morgan fingerprint density at radius 2 is 0.417 bits per heavy atom. The summed E-state index contributed by atoms with van der Waals surface area (Å²) in [7, 11) is 0. The molecule has 8 aromatic heterocycles. The third-order valence-electron chi connectivity index (χ3n) is 19.7. The van der Waals surface area contributed by atoms with Gasteiger partial charge in [-0.3, -0.25) is 0 Å². The maximum absolute atomic E-state index is 2.53. The number of rotatable bonds is 19. The molecule has 0 N–H and O–H groups in total. The van der Waals surface area contributed by atoms with Crippen LogP contribution in [0.2, 0.25) is 0 Å². The van der Waals surface area contributed by atoms with Crippen molar-refractivity contribution in [3.8, 4) is 113 Å². The van der Waals surface area contributed by atoms with Gasteiger partial charge in [0, 0.05) is 113 Å². The number of benzene rings is 8. The Kier molecular flexibility index (Phi) is 17.5. The van der Waals surface area contributed by atoms with E-state index in [0.29, 0.717) is 0 Å². The zero-order chi connectivity index (χ0) is 65.3. The van der Waals surface area contributed by atoms with Crippen molar-refractivity contribution in [1.29, 1.82) is 0 Å². The zero-order valence-corrected chi connectivity index (χ0v) is 62.1. The van der Waals surface area contributed by atoms with Crippen molar-refractivity contribution >= 4 is 134 Å². The van der Waals surface area contributed by atoms with E-state index in [1.165, 1.54) is 200 Å². The van der Waals surface area contributed by atoms with Crippen LogP contribution >= 0.6 is 90.7 Å². The molecule has 0 spiro atoms. The molecule has 16 aromatic rings. The summed E-state index contributed by atoms with van der Waals surface area (Å²) in [5.41, 5.74) is 22.1. The van der Waals surface area contributed by atoms with Gasteiger partial charge in [-0.1, -0.05) is 201 Å². The van der Waals surface area contributed by atoms with Gasteiger partial charge in [0.1, 0.15) is 0 Å². The quantitative estimate of drug-likeness (QED) is 0.0757. The summed E-state index contributed by atoms with van der Waals surface area (Å²) >= 11 is 15.7. The molecule has 0 unspecified atom stereocenters. The molecule has 0 radical (unpaired) electrons. The van der Waals surface area contributed by atoms with Gasteiger partial charge in [0.25, 0.3) is 0 Å². The smallest absolute Gasteiger partial charge is 0.0481 e. The van der Waals surface area contributed by atoms with E-state index in [1.54, 1.807) is 0 Å². The van der Waals surface area contributed by atoms with Crippen molar-refractivity contribution in [2.24, 2.45) is 0 Å². The Bertz CT molecular complexity index is 5580. The van der Waals surface area contributed by atoms with Crippen molar-refractivity contribution < 1.29 is 0 Å². The fourth-order valence-electron chi connectivity index (χ4n) is 14.8. The minimum atomic E-state index is 0.958. The van der Waals surface area contributed by atoms with E-state index >= 15 is 0 Å². The van der Waals surface area contributed by atoms with Gasteiger partial charge in [-0.15, -0.1) is 90.7 Å². The topological polar surface area (TPSA) is 0 Å². The third kappa shape index (κ3) is 10.9. The van der Waals surface area contributed by atoms with Crippen LogP contribution < -0.4 is 0 Å². The maximum Gasteiger partial charge on any atom is 0.0481 e. The molecule has 0 amide bonds. The molecule has 0 fully saturated rings. The molecule has 0 saturated carbocycles. The number of hydrogen-bond donors (Lipinski definition) is 0. The van der Waals surface area contributed by atoms with Crippen molar-refractivity contribution in [3.05, 3.63) is 249 Å². The second kappa shape index (κ2) is 26.7. The molecule has 8 heterocycles. The highest BCUT2D eigenvalue weighted by molar-refractivity contribution is 7.27. The van der Waals surface area contributed by atoms with E-state index in [2.05, 4.69) is 260 Å². The lowest BCUT2D eigenvalue weighted by Crippen LogP contribution is -1.88. The van der Waals surface area contributed by atoms with Gasteiger partial charge < -0.3 is 0 Å². The second-order valence-corrected chi connectivity index (χ2v) is 33.2. The molecule has 8 heteroatoms. The number of hydrogen-bond acceptors (Lipinski definition) is 8. The van der Waals surface area contributed by atoms with E-state index in [4.69, 9.17) is 0 Å². The van der Waals surface area contributed by atoms with E-state index in [-0.39, 0.29) is 0 Å². The standard InChI is InChI=1S/C88H74S8/c1-9-51-41-43-89-81(51)65-35-19-27-59-25-17-33-63(77(59)65)71-45-57(15-7)87(91-71)76-50-56(14-6)86(96-76)70-40-24-32-62-31-23-39-69(80(62)70)84-54(12-4)48-74(94-84)73-47-53(11-3)83(93-73)67-37-21-28-60-26-18-34-64(78(60)67)72-46-58(16-8)88(92-72)75-49-55(13-5)85(95-75)68-38-22-30-61-29-20-36-66(79(61)68)82-52(10-2)42-44-90-82/h17-50H,9-16H2,1-8H3. The molecule has 0 aliphatic heterocycles. The summed E-state index contributed by atoms with van der Waals surface area (Å²) < 4.78 is 0. The normalized spacial score (nSPS) is 11.9. The molecule has 0 bridgehead atoms. The SMILES string of the molecule is CCc1cc(-c2cccc3cccc(-c4sccc4CC)c23)sc1-c1cc(CC)c(-c2cccc3cccc(-c4sc(-c5cc(CC)c(-c6cccc7cccc(-c8cc(CC)c(-c9cc(CC)c(-c%10cccc%11cccc(-c%12sccc%12CC)c%10%11)s9)s8)c67)s5)cc4CC)c23)s1. The third-order valence-corrected chi connectivity index (χ3v) is 29.5. The molecule has 0 saturated heterocycles. The van der Waals surface area contributed by atoms with Crippen LogP contribution in [0.1, 0.15) is 99.9 Å². The molecule has 0 atom stereocenters. The van der Waals surface area contributed by atoms with Gasteiger partial charge in [-0.05, 0) is 198 Å². The van der Waals surface area contributed by atoms with Crippen LogP contribution in [0.5, 0.6) is 0 Å². The van der Waals surface area contributed by atoms with Crippen molar-refractivity contribution in [3.63, 3.8) is 0 Å². The fraction of sp³-hybridized carbons (Fsp3) is 0.182. The Balaban J connectivity index is 0.756. The molecule has 96 heavy (non-hydrogen) atoms. The monoisotopic (exact) mass is 1390 g/mol. The summed E-state index contributed by atoms with van der Waals surface area (Å²) in [6.45, 7) is 18.6. The Morgan fingerprint density at radius 3 is 0.708 bits per heavy atom. The minimum absolute atomic E-state index is 0.958. The fourth-order valence-corrected chi connectivity index (χ4v) is 24.9. The molecule has 474 valence electrons. The van der Waals surface area contributed by atoms with E-state index in [0.717, 1.165) is 51.4 Å². The number of fused-ring (bicyclic) bond motifs is 4. The first-order valence-corrected chi connectivity index (χ1v) is 40.9. The lowest BCUT2D eigenvalue weighted by Gasteiger charge is -2.13. The largest absolute Gasteiger partial charge is 0.144 e. The van der Waals surface area contributed by atoms with Gasteiger partial charge >= 0.3 is 0 Å². The number of aryl methyl sites for hydroxylation is 8. The summed E-state index contributed by atoms with van der Waals surface area (Å²) in [4.78, 5) is 19.3. The Morgan fingerprint density at radius 1 is 0.198 bits per heavy atom. The highest BCUT2D eigenvalue weighted by atomic mass is 32.1. The van der Waals surface area contributed by atoms with E-state index < -0.39 is 0 Å². The number of thiophene rings is 8. The Hall–Kier alpha value is -7.60. The van der Waals surface area contributed by atoms with Crippen LogP contribution in [0.4, 0.5) is 0 Å². The Labute approximate surface area is 597 Å². The van der Waals surface area contributed by atoms with Crippen LogP contribution in [0, 0.1) is 0 Å². The van der Waals surface area contributed by atoms with Crippen molar-refractivity contribution in [2.75, 3.05) is 0 Å². The first-order valence-electron chi connectivity index (χ1n) is 34.2. The molecule has 0 aliphatic carbocycles. The molecule has 16 rings (SSSR count). The predicted molar refractivity (Wildman–Crippen MR) is 434 cm³/mol. The van der Waals surface area contributed by atoms with Crippen molar-refractivity contribution in [1.82, 2.24) is 0 Å². The second-order valence-electron chi connectivity index (χ2n) is 25.0. The van der Waals surface area contributed by atoms with Gasteiger partial charge in [0.15, 0.2) is 0 Å². The minimum Gasteiger partial charge on any atom is -0.144 e.